The zero-order valence-corrected chi connectivity index (χ0v) is 8.75. The van der Waals surface area contributed by atoms with E-state index in [1.54, 1.807) is 7.11 Å². The summed E-state index contributed by atoms with van der Waals surface area (Å²) in [5.74, 6) is 0. The molecule has 0 radical (unpaired) electrons. The monoisotopic (exact) mass is 199 g/mol. The van der Waals surface area contributed by atoms with Gasteiger partial charge in [0, 0.05) is 20.3 Å². The van der Waals surface area contributed by atoms with E-state index in [2.05, 4.69) is 20.3 Å². The number of hydrogen-bond acceptors (Lipinski definition) is 5. The number of methoxy groups -OCH3 is 1. The van der Waals surface area contributed by atoms with Gasteiger partial charge in [-0.2, -0.15) is 0 Å². The van der Waals surface area contributed by atoms with Gasteiger partial charge >= 0.3 is 0 Å². The SMILES string of the molecule is COCCCCNCc1nonc1C. The largest absolute Gasteiger partial charge is 0.385 e. The first-order valence-corrected chi connectivity index (χ1v) is 4.82. The van der Waals surface area contributed by atoms with Gasteiger partial charge in [0.1, 0.15) is 11.4 Å². The molecule has 5 heteroatoms. The first-order chi connectivity index (χ1) is 6.84. The highest BCUT2D eigenvalue weighted by Gasteiger charge is 2.02. The lowest BCUT2D eigenvalue weighted by Gasteiger charge is -2.01. The Morgan fingerprint density at radius 1 is 1.36 bits per heavy atom. The van der Waals surface area contributed by atoms with Gasteiger partial charge < -0.3 is 10.1 Å². The van der Waals surface area contributed by atoms with E-state index >= 15 is 0 Å². The van der Waals surface area contributed by atoms with E-state index < -0.39 is 0 Å². The van der Waals surface area contributed by atoms with Gasteiger partial charge in [-0.1, -0.05) is 10.3 Å². The van der Waals surface area contributed by atoms with Crippen LogP contribution in [0.15, 0.2) is 4.63 Å². The molecule has 1 N–H and O–H groups in total. The van der Waals surface area contributed by atoms with Crippen molar-refractivity contribution in [1.82, 2.24) is 15.6 Å². The van der Waals surface area contributed by atoms with Gasteiger partial charge in [-0.3, -0.25) is 0 Å². The van der Waals surface area contributed by atoms with Crippen molar-refractivity contribution < 1.29 is 9.37 Å². The molecule has 0 aromatic carbocycles. The molecular weight excluding hydrogens is 182 g/mol. The highest BCUT2D eigenvalue weighted by molar-refractivity contribution is 5.03. The van der Waals surface area contributed by atoms with E-state index in [0.717, 1.165) is 43.9 Å². The molecule has 0 unspecified atom stereocenters. The summed E-state index contributed by atoms with van der Waals surface area (Å²) in [5.41, 5.74) is 1.74. The van der Waals surface area contributed by atoms with E-state index in [0.29, 0.717) is 0 Å². The molecule has 0 bridgehead atoms. The number of nitrogens with zero attached hydrogens (tertiary/aromatic N) is 2. The number of rotatable bonds is 7. The summed E-state index contributed by atoms with van der Waals surface area (Å²) in [7, 11) is 1.72. The Kier molecular flexibility index (Phi) is 5.17. The Balaban J connectivity index is 2.02. The van der Waals surface area contributed by atoms with Crippen LogP contribution in [0.3, 0.4) is 0 Å². The van der Waals surface area contributed by atoms with Crippen LogP contribution < -0.4 is 5.32 Å². The molecule has 5 nitrogen and oxygen atoms in total. The Hall–Kier alpha value is -0.940. The molecule has 1 aromatic rings. The van der Waals surface area contributed by atoms with Crippen molar-refractivity contribution in [3.63, 3.8) is 0 Å². The van der Waals surface area contributed by atoms with Crippen molar-refractivity contribution in [2.45, 2.75) is 26.3 Å². The molecule has 80 valence electrons. The number of nitrogens with one attached hydrogen (secondary N) is 1. The van der Waals surface area contributed by atoms with Gasteiger partial charge in [0.2, 0.25) is 0 Å². The minimum Gasteiger partial charge on any atom is -0.385 e. The highest BCUT2D eigenvalue weighted by Crippen LogP contribution is 1.99. The van der Waals surface area contributed by atoms with Crippen LogP contribution >= 0.6 is 0 Å². The summed E-state index contributed by atoms with van der Waals surface area (Å²) in [6.45, 7) is 4.41. The van der Waals surface area contributed by atoms with Crippen LogP contribution in [0.4, 0.5) is 0 Å². The smallest absolute Gasteiger partial charge is 0.121 e. The zero-order chi connectivity index (χ0) is 10.2. The first kappa shape index (κ1) is 11.1. The van der Waals surface area contributed by atoms with E-state index in [4.69, 9.17) is 4.74 Å². The average molecular weight is 199 g/mol. The molecule has 0 saturated carbocycles. The minimum absolute atomic E-state index is 0.725. The molecule has 0 aliphatic carbocycles. The maximum absolute atomic E-state index is 4.95. The summed E-state index contributed by atoms with van der Waals surface area (Å²) in [4.78, 5) is 0. The molecule has 0 aliphatic rings. The van der Waals surface area contributed by atoms with Crippen LogP contribution in [0, 0.1) is 6.92 Å². The van der Waals surface area contributed by atoms with Crippen LogP contribution in [-0.2, 0) is 11.3 Å². The van der Waals surface area contributed by atoms with E-state index in [9.17, 15) is 0 Å². The maximum Gasteiger partial charge on any atom is 0.121 e. The van der Waals surface area contributed by atoms with Gasteiger partial charge in [-0.25, -0.2) is 4.63 Å². The van der Waals surface area contributed by atoms with Gasteiger partial charge in [0.25, 0.3) is 0 Å². The third-order valence-corrected chi connectivity index (χ3v) is 1.99. The molecule has 1 rings (SSSR count). The molecule has 0 fully saturated rings. The number of ether oxygens (including phenoxy) is 1. The molecule has 0 atom stereocenters. The summed E-state index contributed by atoms with van der Waals surface area (Å²) in [5, 5.41) is 10.7. The fourth-order valence-corrected chi connectivity index (χ4v) is 1.11. The van der Waals surface area contributed by atoms with Crippen LogP contribution in [0.1, 0.15) is 24.2 Å². The van der Waals surface area contributed by atoms with Gasteiger partial charge in [-0.15, -0.1) is 0 Å². The first-order valence-electron chi connectivity index (χ1n) is 4.82. The summed E-state index contributed by atoms with van der Waals surface area (Å²) in [6.07, 6.45) is 2.19. The van der Waals surface area contributed by atoms with Crippen molar-refractivity contribution in [2.24, 2.45) is 0 Å². The number of hydrogen-bond donors (Lipinski definition) is 1. The summed E-state index contributed by atoms with van der Waals surface area (Å²) in [6, 6.07) is 0. The van der Waals surface area contributed by atoms with E-state index in [1.165, 1.54) is 0 Å². The Morgan fingerprint density at radius 3 is 2.86 bits per heavy atom. The average Bonchev–Trinajstić information content (AvgIpc) is 2.58. The molecule has 0 saturated heterocycles. The van der Waals surface area contributed by atoms with Crippen molar-refractivity contribution in [1.29, 1.82) is 0 Å². The van der Waals surface area contributed by atoms with Gasteiger partial charge in [0.15, 0.2) is 0 Å². The van der Waals surface area contributed by atoms with Crippen molar-refractivity contribution in [2.75, 3.05) is 20.3 Å². The molecular formula is C9H17N3O2. The number of aryl methyl sites for hydroxylation is 1. The second-order valence-corrected chi connectivity index (χ2v) is 3.17. The van der Waals surface area contributed by atoms with Crippen LogP contribution in [0.2, 0.25) is 0 Å². The predicted octanol–water partition coefficient (Wildman–Crippen LogP) is 0.894. The van der Waals surface area contributed by atoms with Crippen LogP contribution in [-0.4, -0.2) is 30.6 Å². The Labute approximate surface area is 83.8 Å². The predicted molar refractivity (Wildman–Crippen MR) is 51.9 cm³/mol. The molecule has 0 spiro atoms. The zero-order valence-electron chi connectivity index (χ0n) is 8.75. The minimum atomic E-state index is 0.725. The topological polar surface area (TPSA) is 60.2 Å². The normalized spacial score (nSPS) is 10.7. The molecule has 0 aliphatic heterocycles. The second-order valence-electron chi connectivity index (χ2n) is 3.17. The quantitative estimate of drug-likeness (QED) is 0.661. The third kappa shape index (κ3) is 3.85. The third-order valence-electron chi connectivity index (χ3n) is 1.99. The number of unbranched alkanes of at least 4 members (excludes halogenated alkanes) is 1. The fraction of sp³-hybridized carbons (Fsp3) is 0.778. The van der Waals surface area contributed by atoms with Crippen LogP contribution in [0.25, 0.3) is 0 Å². The summed E-state index contributed by atoms with van der Waals surface area (Å²) >= 11 is 0. The van der Waals surface area contributed by atoms with Crippen molar-refractivity contribution in [3.8, 4) is 0 Å². The molecule has 1 heterocycles. The van der Waals surface area contributed by atoms with Gasteiger partial charge in [-0.05, 0) is 26.3 Å². The van der Waals surface area contributed by atoms with Crippen molar-refractivity contribution >= 4 is 0 Å². The standard InChI is InChI=1S/C9H17N3O2/c1-8-9(12-14-11-8)7-10-5-3-4-6-13-2/h10H,3-7H2,1-2H3. The van der Waals surface area contributed by atoms with Crippen molar-refractivity contribution in [3.05, 3.63) is 11.4 Å². The fourth-order valence-electron chi connectivity index (χ4n) is 1.11. The van der Waals surface area contributed by atoms with Gasteiger partial charge in [0.05, 0.1) is 0 Å². The highest BCUT2D eigenvalue weighted by atomic mass is 16.6. The Morgan fingerprint density at radius 2 is 2.21 bits per heavy atom. The molecule has 0 amide bonds. The summed E-state index contributed by atoms with van der Waals surface area (Å²) < 4.78 is 9.53. The van der Waals surface area contributed by atoms with E-state index in [1.807, 2.05) is 6.92 Å². The lowest BCUT2D eigenvalue weighted by molar-refractivity contribution is 0.192. The lowest BCUT2D eigenvalue weighted by atomic mass is 10.3. The number of aromatic nitrogens is 2. The molecule has 14 heavy (non-hydrogen) atoms. The molecule has 1 aromatic heterocycles. The second kappa shape index (κ2) is 6.50. The maximum atomic E-state index is 4.95. The van der Waals surface area contributed by atoms with Crippen LogP contribution in [0.5, 0.6) is 0 Å². The Bertz CT molecular complexity index is 250. The lowest BCUT2D eigenvalue weighted by Crippen LogP contribution is -2.16. The van der Waals surface area contributed by atoms with E-state index in [-0.39, 0.29) is 0 Å².